The van der Waals surface area contributed by atoms with Gasteiger partial charge in [-0.1, -0.05) is 70.2 Å². The van der Waals surface area contributed by atoms with E-state index >= 15 is 0 Å². The Balaban J connectivity index is 1.74. The van der Waals surface area contributed by atoms with E-state index in [-0.39, 0.29) is 0 Å². The first-order valence-electron chi connectivity index (χ1n) is 12.9. The summed E-state index contributed by atoms with van der Waals surface area (Å²) < 4.78 is 9.33. The lowest BCUT2D eigenvalue weighted by Crippen LogP contribution is -2.32. The largest absolute Gasteiger partial charge is 0.455 e. The fraction of sp³-hybridized carbons (Fsp3) is 0.303. The predicted molar refractivity (Wildman–Crippen MR) is 147 cm³/mol. The first-order valence-corrected chi connectivity index (χ1v) is 12.9. The van der Waals surface area contributed by atoms with Gasteiger partial charge >= 0.3 is 0 Å². The lowest BCUT2D eigenvalue weighted by Gasteiger charge is -2.26. The van der Waals surface area contributed by atoms with Crippen molar-refractivity contribution < 1.29 is 9.30 Å². The van der Waals surface area contributed by atoms with E-state index in [9.17, 15) is 0 Å². The third-order valence-electron chi connectivity index (χ3n) is 7.48. The van der Waals surface area contributed by atoms with Gasteiger partial charge in [0.15, 0.2) is 6.20 Å². The maximum atomic E-state index is 7.05. The lowest BCUT2D eigenvalue weighted by atomic mass is 9.85. The molecule has 5 aromatic rings. The van der Waals surface area contributed by atoms with Crippen LogP contribution in [-0.4, -0.2) is 0 Å². The van der Waals surface area contributed by atoms with E-state index in [1.807, 2.05) is 0 Å². The minimum atomic E-state index is 0.533. The highest BCUT2D eigenvalue weighted by Crippen LogP contribution is 2.53. The lowest BCUT2D eigenvalue weighted by molar-refractivity contribution is -0.659. The Labute approximate surface area is 208 Å². The molecule has 0 aliphatic carbocycles. The van der Waals surface area contributed by atoms with Gasteiger partial charge in [-0.2, -0.15) is 0 Å². The topological polar surface area (TPSA) is 13.1 Å². The van der Waals surface area contributed by atoms with Gasteiger partial charge < -0.3 is 4.74 Å². The Morgan fingerprint density at radius 1 is 0.771 bits per heavy atom. The van der Waals surface area contributed by atoms with Gasteiger partial charge in [0.2, 0.25) is 5.69 Å². The molecule has 2 heteroatoms. The summed E-state index contributed by atoms with van der Waals surface area (Å²) in [4.78, 5) is 0. The van der Waals surface area contributed by atoms with E-state index in [1.165, 1.54) is 60.3 Å². The Morgan fingerprint density at radius 2 is 1.51 bits per heavy atom. The number of pyridine rings is 1. The summed E-state index contributed by atoms with van der Waals surface area (Å²) in [5.74, 6) is 3.22. The Kier molecular flexibility index (Phi) is 5.11. The molecule has 0 spiro atoms. The molecular formula is C33H34NO+. The second-order valence-electron chi connectivity index (χ2n) is 11.2. The standard InChI is InChI=1S/C33H34NO/c1-19(2)15-22-11-12-26-24(17-22)18-23-13-14-34(6)31-29-21(5)25-9-7-8-10-27(25)28(16-20(3)4)33(29)35-32(26)30(23)31/h7-14,17-20H,15-16H2,1-6H3/q+1. The second-order valence-corrected chi connectivity index (χ2v) is 11.2. The number of benzene rings is 4. The molecule has 0 radical (unpaired) electrons. The Morgan fingerprint density at radius 3 is 2.26 bits per heavy atom. The quantitative estimate of drug-likeness (QED) is 0.190. The van der Waals surface area contributed by atoms with Gasteiger partial charge in [0.1, 0.15) is 18.5 Å². The molecule has 1 aliphatic rings. The van der Waals surface area contributed by atoms with Crippen LogP contribution >= 0.6 is 0 Å². The predicted octanol–water partition coefficient (Wildman–Crippen LogP) is 8.45. The molecule has 0 saturated heterocycles. The van der Waals surface area contributed by atoms with Crippen LogP contribution in [0.5, 0.6) is 11.5 Å². The van der Waals surface area contributed by atoms with Crippen LogP contribution in [0.25, 0.3) is 43.6 Å². The molecule has 35 heavy (non-hydrogen) atoms. The number of aromatic nitrogens is 1. The van der Waals surface area contributed by atoms with E-state index in [0.717, 1.165) is 24.3 Å². The molecule has 1 aliphatic heterocycles. The molecule has 0 bridgehead atoms. The van der Waals surface area contributed by atoms with E-state index in [0.29, 0.717) is 11.8 Å². The highest BCUT2D eigenvalue weighted by atomic mass is 16.5. The van der Waals surface area contributed by atoms with Gasteiger partial charge in [-0.3, -0.25) is 0 Å². The van der Waals surface area contributed by atoms with Crippen molar-refractivity contribution in [1.29, 1.82) is 0 Å². The minimum absolute atomic E-state index is 0.533. The number of hydrogen-bond acceptors (Lipinski definition) is 1. The van der Waals surface area contributed by atoms with Gasteiger partial charge in [-0.05, 0) is 70.3 Å². The van der Waals surface area contributed by atoms with Crippen LogP contribution in [-0.2, 0) is 19.9 Å². The number of hydrogen-bond donors (Lipinski definition) is 0. The summed E-state index contributed by atoms with van der Waals surface area (Å²) in [7, 11) is 2.17. The third kappa shape index (κ3) is 3.42. The van der Waals surface area contributed by atoms with Gasteiger partial charge in [-0.15, -0.1) is 0 Å². The normalized spacial score (nSPS) is 12.7. The van der Waals surface area contributed by atoms with E-state index < -0.39 is 0 Å². The van der Waals surface area contributed by atoms with Crippen molar-refractivity contribution in [2.45, 2.75) is 47.5 Å². The average molecular weight is 461 g/mol. The van der Waals surface area contributed by atoms with Gasteiger partial charge in [-0.25, -0.2) is 4.57 Å². The second kappa shape index (κ2) is 8.09. The maximum Gasteiger partial charge on any atom is 0.228 e. The van der Waals surface area contributed by atoms with Gasteiger partial charge in [0, 0.05) is 17.0 Å². The molecule has 0 amide bonds. The van der Waals surface area contributed by atoms with Crippen molar-refractivity contribution in [3.05, 3.63) is 77.5 Å². The van der Waals surface area contributed by atoms with Crippen molar-refractivity contribution in [2.75, 3.05) is 0 Å². The molecule has 2 nitrogen and oxygen atoms in total. The minimum Gasteiger partial charge on any atom is -0.455 e. The zero-order valence-electron chi connectivity index (χ0n) is 21.7. The van der Waals surface area contributed by atoms with Crippen molar-refractivity contribution in [1.82, 2.24) is 0 Å². The summed E-state index contributed by atoms with van der Waals surface area (Å²) in [6.45, 7) is 11.4. The van der Waals surface area contributed by atoms with Crippen LogP contribution in [0, 0.1) is 18.8 Å². The molecule has 2 heterocycles. The van der Waals surface area contributed by atoms with Crippen molar-refractivity contribution >= 4 is 32.3 Å². The Hall–Kier alpha value is -3.39. The van der Waals surface area contributed by atoms with E-state index in [4.69, 9.17) is 4.74 Å². The first-order chi connectivity index (χ1) is 16.8. The average Bonchev–Trinajstić information content (AvgIpc) is 2.82. The summed E-state index contributed by atoms with van der Waals surface area (Å²) in [5, 5.41) is 7.56. The summed E-state index contributed by atoms with van der Waals surface area (Å²) >= 11 is 0. The smallest absolute Gasteiger partial charge is 0.228 e. The van der Waals surface area contributed by atoms with E-state index in [1.54, 1.807) is 0 Å². The van der Waals surface area contributed by atoms with Crippen molar-refractivity contribution in [2.24, 2.45) is 18.9 Å². The molecule has 0 fully saturated rings. The van der Waals surface area contributed by atoms with Gasteiger partial charge in [0.25, 0.3) is 0 Å². The Bertz CT molecular complexity index is 1640. The van der Waals surface area contributed by atoms with Gasteiger partial charge in [0.05, 0.1) is 10.9 Å². The number of rotatable bonds is 4. The van der Waals surface area contributed by atoms with Crippen LogP contribution in [0.2, 0.25) is 0 Å². The molecule has 0 N–H and O–H groups in total. The SMILES string of the molecule is Cc1c2c(c(CC(C)C)c3ccccc13)Oc1c3ccc(CC(C)C)cc3cc3cc[n+](C)c-2c13. The fourth-order valence-corrected chi connectivity index (χ4v) is 6.03. The number of ether oxygens (including phenoxy) is 1. The van der Waals surface area contributed by atoms with E-state index in [2.05, 4.69) is 107 Å². The molecule has 1 aromatic heterocycles. The molecule has 6 rings (SSSR count). The van der Waals surface area contributed by atoms with Crippen LogP contribution in [0.4, 0.5) is 0 Å². The van der Waals surface area contributed by atoms with Crippen LogP contribution in [0.3, 0.4) is 0 Å². The highest BCUT2D eigenvalue weighted by Gasteiger charge is 2.33. The number of aryl methyl sites for hydroxylation is 2. The summed E-state index contributed by atoms with van der Waals surface area (Å²) in [5.41, 5.74) is 6.52. The van der Waals surface area contributed by atoms with Crippen LogP contribution in [0.1, 0.15) is 44.4 Å². The molecule has 4 aromatic carbocycles. The molecule has 176 valence electrons. The third-order valence-corrected chi connectivity index (χ3v) is 7.48. The number of nitrogens with zero attached hydrogens (tertiary/aromatic N) is 1. The van der Waals surface area contributed by atoms with Crippen molar-refractivity contribution in [3.8, 4) is 22.8 Å². The molecular weight excluding hydrogens is 426 g/mol. The molecule has 0 unspecified atom stereocenters. The monoisotopic (exact) mass is 460 g/mol. The van der Waals surface area contributed by atoms with Crippen LogP contribution in [0.15, 0.2) is 60.8 Å². The zero-order chi connectivity index (χ0) is 24.4. The summed E-state index contributed by atoms with van der Waals surface area (Å²) in [6.07, 6.45) is 4.28. The highest BCUT2D eigenvalue weighted by molar-refractivity contribution is 6.13. The molecule has 0 atom stereocenters. The van der Waals surface area contributed by atoms with Crippen LogP contribution < -0.4 is 9.30 Å². The fourth-order valence-electron chi connectivity index (χ4n) is 6.03. The zero-order valence-corrected chi connectivity index (χ0v) is 21.7. The number of fused-ring (bicyclic) bond motifs is 5. The molecule has 0 saturated carbocycles. The first kappa shape index (κ1) is 22.1. The summed E-state index contributed by atoms with van der Waals surface area (Å²) in [6, 6.07) is 20.3. The van der Waals surface area contributed by atoms with Crippen molar-refractivity contribution in [3.63, 3.8) is 0 Å². The maximum absolute atomic E-state index is 7.05.